The van der Waals surface area contributed by atoms with E-state index < -0.39 is 0 Å². The molecule has 0 radical (unpaired) electrons. The van der Waals surface area contributed by atoms with E-state index in [4.69, 9.17) is 11.6 Å². The Hall–Kier alpha value is -0.780. The van der Waals surface area contributed by atoms with Crippen LogP contribution in [0.15, 0.2) is 11.9 Å². The summed E-state index contributed by atoms with van der Waals surface area (Å²) in [4.78, 5) is 5.14. The summed E-state index contributed by atoms with van der Waals surface area (Å²) in [6, 6.07) is 0.286. The molecule has 0 aromatic carbocycles. The van der Waals surface area contributed by atoms with Crippen LogP contribution < -0.4 is 11.6 Å². The second kappa shape index (κ2) is 8.75. The highest BCUT2D eigenvalue weighted by Crippen LogP contribution is 2.20. The summed E-state index contributed by atoms with van der Waals surface area (Å²) in [5.41, 5.74) is 6.98. The third kappa shape index (κ3) is 5.78. The van der Waals surface area contributed by atoms with Gasteiger partial charge in [-0.1, -0.05) is 6.42 Å². The molecule has 2 fully saturated rings. The maximum absolute atomic E-state index is 6.12. The van der Waals surface area contributed by atoms with Crippen molar-refractivity contribution in [1.82, 2.24) is 14.8 Å². The highest BCUT2D eigenvalue weighted by atomic mass is 15.4. The summed E-state index contributed by atoms with van der Waals surface area (Å²) < 4.78 is 0. The molecule has 0 atom stereocenters. The monoisotopic (exact) mass is 309 g/mol. The lowest BCUT2D eigenvalue weighted by Gasteiger charge is -2.36. The Morgan fingerprint density at radius 3 is 2.32 bits per heavy atom. The minimum Gasteiger partial charge on any atom is -0.400 e. The average Bonchev–Trinajstić information content (AvgIpc) is 2.50. The number of rotatable bonds is 6. The molecule has 5 nitrogen and oxygen atoms in total. The van der Waals surface area contributed by atoms with Crippen LogP contribution in [0.25, 0.3) is 0 Å². The van der Waals surface area contributed by atoms with E-state index in [0.29, 0.717) is 0 Å². The number of nitrogens with two attached hydrogens (primary N) is 2. The van der Waals surface area contributed by atoms with E-state index in [2.05, 4.69) is 23.6 Å². The average molecular weight is 310 g/mol. The molecule has 2 saturated heterocycles. The van der Waals surface area contributed by atoms with E-state index in [-0.39, 0.29) is 6.04 Å². The number of hydrogen-bond acceptors (Lipinski definition) is 5. The van der Waals surface area contributed by atoms with E-state index >= 15 is 0 Å². The Labute approximate surface area is 136 Å². The molecule has 0 aromatic rings. The predicted octanol–water partition coefficient (Wildman–Crippen LogP) is 1.57. The summed E-state index contributed by atoms with van der Waals surface area (Å²) in [7, 11) is 0. The van der Waals surface area contributed by atoms with Crippen LogP contribution in [0.3, 0.4) is 0 Å². The van der Waals surface area contributed by atoms with Crippen LogP contribution in [-0.2, 0) is 0 Å². The smallest absolute Gasteiger partial charge is 0.0400 e. The zero-order valence-electron chi connectivity index (χ0n) is 14.5. The van der Waals surface area contributed by atoms with Crippen molar-refractivity contribution in [3.63, 3.8) is 0 Å². The number of likely N-dealkylation sites (tertiary alicyclic amines) is 2. The van der Waals surface area contributed by atoms with Crippen LogP contribution >= 0.6 is 0 Å². The van der Waals surface area contributed by atoms with E-state index in [9.17, 15) is 0 Å². The molecule has 0 aromatic heterocycles. The van der Waals surface area contributed by atoms with Crippen molar-refractivity contribution in [2.75, 3.05) is 39.3 Å². The van der Waals surface area contributed by atoms with Gasteiger partial charge >= 0.3 is 0 Å². The first kappa shape index (κ1) is 17.6. The van der Waals surface area contributed by atoms with Crippen molar-refractivity contribution < 1.29 is 0 Å². The van der Waals surface area contributed by atoms with Crippen LogP contribution in [0, 0.1) is 5.92 Å². The maximum Gasteiger partial charge on any atom is 0.0400 e. The molecule has 0 amide bonds. The molecule has 5 heteroatoms. The van der Waals surface area contributed by atoms with Gasteiger partial charge in [-0.15, -0.1) is 0 Å². The molecule has 0 unspecified atom stereocenters. The molecular formula is C17H35N5. The first-order chi connectivity index (χ1) is 10.5. The van der Waals surface area contributed by atoms with Crippen molar-refractivity contribution >= 4 is 0 Å². The molecular weight excluding hydrogens is 274 g/mol. The molecule has 0 saturated carbocycles. The van der Waals surface area contributed by atoms with Crippen LogP contribution in [0.1, 0.15) is 46.0 Å². The standard InChI is InChI=1S/C17H35N5/c1-15(2)22(19)14-17(18)13-21-10-6-16(7-11-21)12-20-8-4-3-5-9-20/h14-16H,3-13,18-19H2,1-2H3/b17-14-. The van der Waals surface area contributed by atoms with E-state index in [1.807, 2.05) is 6.20 Å². The SMILES string of the molecule is CC(C)N(N)/C=C(\N)CN1CCC(CN2CCCCC2)CC1. The Kier molecular flexibility index (Phi) is 6.99. The van der Waals surface area contributed by atoms with Crippen molar-refractivity contribution in [3.05, 3.63) is 11.9 Å². The Balaban J connectivity index is 1.68. The summed E-state index contributed by atoms with van der Waals surface area (Å²) >= 11 is 0. The fourth-order valence-electron chi connectivity index (χ4n) is 3.47. The van der Waals surface area contributed by atoms with Gasteiger partial charge in [0.05, 0.1) is 0 Å². The Bertz CT molecular complexity index is 341. The summed E-state index contributed by atoms with van der Waals surface area (Å²) in [5.74, 6) is 6.78. The quantitative estimate of drug-likeness (QED) is 0.576. The van der Waals surface area contributed by atoms with Crippen molar-refractivity contribution in [2.24, 2.45) is 17.5 Å². The van der Waals surface area contributed by atoms with Gasteiger partial charge in [-0.3, -0.25) is 4.90 Å². The highest BCUT2D eigenvalue weighted by molar-refractivity contribution is 4.99. The largest absolute Gasteiger partial charge is 0.400 e. The lowest BCUT2D eigenvalue weighted by molar-refractivity contribution is 0.136. The van der Waals surface area contributed by atoms with Gasteiger partial charge in [-0.2, -0.15) is 0 Å². The van der Waals surface area contributed by atoms with Gasteiger partial charge < -0.3 is 15.6 Å². The fourth-order valence-corrected chi connectivity index (χ4v) is 3.47. The van der Waals surface area contributed by atoms with Crippen LogP contribution in [0.4, 0.5) is 0 Å². The minimum atomic E-state index is 0.286. The first-order valence-electron chi connectivity index (χ1n) is 8.98. The third-order valence-electron chi connectivity index (χ3n) is 4.99. The zero-order valence-corrected chi connectivity index (χ0v) is 14.5. The van der Waals surface area contributed by atoms with E-state index in [0.717, 1.165) is 18.2 Å². The summed E-state index contributed by atoms with van der Waals surface area (Å²) in [6.07, 6.45) is 8.71. The molecule has 2 aliphatic rings. The minimum absolute atomic E-state index is 0.286. The van der Waals surface area contributed by atoms with Gasteiger partial charge in [0.1, 0.15) is 0 Å². The normalized spacial score (nSPS) is 23.2. The molecule has 4 N–H and O–H groups in total. The number of nitrogens with zero attached hydrogens (tertiary/aromatic N) is 3. The summed E-state index contributed by atoms with van der Waals surface area (Å²) in [5, 5.41) is 1.69. The molecule has 0 bridgehead atoms. The Morgan fingerprint density at radius 1 is 1.09 bits per heavy atom. The van der Waals surface area contributed by atoms with Crippen LogP contribution in [0.5, 0.6) is 0 Å². The lowest BCUT2D eigenvalue weighted by Crippen LogP contribution is -2.42. The van der Waals surface area contributed by atoms with E-state index in [1.54, 1.807) is 5.01 Å². The van der Waals surface area contributed by atoms with Crippen LogP contribution in [0.2, 0.25) is 0 Å². The second-order valence-corrected chi connectivity index (χ2v) is 7.33. The molecule has 128 valence electrons. The lowest BCUT2D eigenvalue weighted by atomic mass is 9.95. The zero-order chi connectivity index (χ0) is 15.9. The predicted molar refractivity (Wildman–Crippen MR) is 92.9 cm³/mol. The van der Waals surface area contributed by atoms with Gasteiger partial charge in [0.25, 0.3) is 0 Å². The Morgan fingerprint density at radius 2 is 1.73 bits per heavy atom. The van der Waals surface area contributed by atoms with Crippen molar-refractivity contribution in [2.45, 2.75) is 52.0 Å². The molecule has 2 heterocycles. The second-order valence-electron chi connectivity index (χ2n) is 7.33. The maximum atomic E-state index is 6.12. The van der Waals surface area contributed by atoms with Gasteiger partial charge in [0, 0.05) is 31.0 Å². The van der Waals surface area contributed by atoms with Gasteiger partial charge in [-0.05, 0) is 71.6 Å². The van der Waals surface area contributed by atoms with Gasteiger partial charge in [-0.25, -0.2) is 5.84 Å². The molecule has 2 aliphatic heterocycles. The fraction of sp³-hybridized carbons (Fsp3) is 0.882. The van der Waals surface area contributed by atoms with Gasteiger partial charge in [0.15, 0.2) is 0 Å². The van der Waals surface area contributed by atoms with Gasteiger partial charge in [0.2, 0.25) is 0 Å². The first-order valence-corrected chi connectivity index (χ1v) is 8.98. The molecule has 2 rings (SSSR count). The number of hydrogen-bond donors (Lipinski definition) is 2. The van der Waals surface area contributed by atoms with Crippen molar-refractivity contribution in [3.8, 4) is 0 Å². The topological polar surface area (TPSA) is 61.8 Å². The highest BCUT2D eigenvalue weighted by Gasteiger charge is 2.22. The molecule has 22 heavy (non-hydrogen) atoms. The number of piperidine rings is 2. The molecule has 0 spiro atoms. The van der Waals surface area contributed by atoms with E-state index in [1.165, 1.54) is 64.8 Å². The third-order valence-corrected chi connectivity index (χ3v) is 4.99. The van der Waals surface area contributed by atoms with Crippen LogP contribution in [-0.4, -0.2) is 60.1 Å². The summed E-state index contributed by atoms with van der Waals surface area (Å²) in [6.45, 7) is 11.2. The van der Waals surface area contributed by atoms with Crippen molar-refractivity contribution in [1.29, 1.82) is 0 Å². The number of hydrazine groups is 1. The molecule has 0 aliphatic carbocycles.